The summed E-state index contributed by atoms with van der Waals surface area (Å²) in [7, 11) is 1.98. The first-order chi connectivity index (χ1) is 12.7. The zero-order valence-corrected chi connectivity index (χ0v) is 15.2. The quantitative estimate of drug-likeness (QED) is 0.532. The predicted octanol–water partition coefficient (Wildman–Crippen LogP) is 5.07. The van der Waals surface area contributed by atoms with Crippen molar-refractivity contribution in [2.24, 2.45) is 0 Å². The van der Waals surface area contributed by atoms with Crippen molar-refractivity contribution < 1.29 is 0 Å². The SMILES string of the molecule is CNC(C)CNc1cc(-c2ccc3ccccc3c2)nc2ccccc12. The summed E-state index contributed by atoms with van der Waals surface area (Å²) >= 11 is 0. The van der Waals surface area contributed by atoms with Crippen LogP contribution in [0.3, 0.4) is 0 Å². The monoisotopic (exact) mass is 341 g/mol. The van der Waals surface area contributed by atoms with Gasteiger partial charge >= 0.3 is 0 Å². The van der Waals surface area contributed by atoms with Crippen molar-refractivity contribution in [2.75, 3.05) is 18.9 Å². The zero-order valence-electron chi connectivity index (χ0n) is 15.2. The molecule has 0 radical (unpaired) electrons. The lowest BCUT2D eigenvalue weighted by Gasteiger charge is -2.15. The second kappa shape index (κ2) is 7.14. The smallest absolute Gasteiger partial charge is 0.0730 e. The van der Waals surface area contributed by atoms with Crippen LogP contribution in [0, 0.1) is 0 Å². The van der Waals surface area contributed by atoms with E-state index in [1.54, 1.807) is 0 Å². The van der Waals surface area contributed by atoms with Crippen LogP contribution in [-0.2, 0) is 0 Å². The van der Waals surface area contributed by atoms with Crippen LogP contribution in [0.4, 0.5) is 5.69 Å². The molecular weight excluding hydrogens is 318 g/mol. The first-order valence-electron chi connectivity index (χ1n) is 9.05. The van der Waals surface area contributed by atoms with E-state index in [0.717, 1.165) is 34.4 Å². The van der Waals surface area contributed by atoms with Crippen molar-refractivity contribution >= 4 is 27.4 Å². The molecule has 0 aliphatic carbocycles. The van der Waals surface area contributed by atoms with E-state index in [9.17, 15) is 0 Å². The summed E-state index contributed by atoms with van der Waals surface area (Å²) in [4.78, 5) is 4.90. The number of nitrogens with zero attached hydrogens (tertiary/aromatic N) is 1. The fraction of sp³-hybridized carbons (Fsp3) is 0.174. The number of anilines is 1. The zero-order chi connectivity index (χ0) is 17.9. The van der Waals surface area contributed by atoms with Crippen molar-refractivity contribution in [3.63, 3.8) is 0 Å². The lowest BCUT2D eigenvalue weighted by molar-refractivity contribution is 0.638. The molecule has 1 heterocycles. The largest absolute Gasteiger partial charge is 0.383 e. The molecule has 3 nitrogen and oxygen atoms in total. The average molecular weight is 341 g/mol. The summed E-state index contributed by atoms with van der Waals surface area (Å²) in [5.41, 5.74) is 4.27. The molecule has 0 aliphatic heterocycles. The van der Waals surface area contributed by atoms with E-state index in [0.29, 0.717) is 6.04 Å². The third kappa shape index (κ3) is 3.26. The molecule has 1 atom stereocenters. The highest BCUT2D eigenvalue weighted by molar-refractivity contribution is 5.95. The Labute approximate surface area is 154 Å². The fourth-order valence-electron chi connectivity index (χ4n) is 3.18. The van der Waals surface area contributed by atoms with Gasteiger partial charge in [-0.2, -0.15) is 0 Å². The van der Waals surface area contributed by atoms with Crippen LogP contribution in [0.1, 0.15) is 6.92 Å². The van der Waals surface area contributed by atoms with Gasteiger partial charge in [-0.1, -0.05) is 54.6 Å². The molecule has 3 heteroatoms. The Morgan fingerprint density at radius 1 is 0.885 bits per heavy atom. The minimum Gasteiger partial charge on any atom is -0.383 e. The van der Waals surface area contributed by atoms with Crippen LogP contribution in [-0.4, -0.2) is 24.6 Å². The maximum absolute atomic E-state index is 4.90. The number of fused-ring (bicyclic) bond motifs is 2. The summed E-state index contributed by atoms with van der Waals surface area (Å²) in [5.74, 6) is 0. The maximum Gasteiger partial charge on any atom is 0.0730 e. The Morgan fingerprint density at radius 3 is 2.50 bits per heavy atom. The molecule has 1 unspecified atom stereocenters. The summed E-state index contributed by atoms with van der Waals surface area (Å²) < 4.78 is 0. The highest BCUT2D eigenvalue weighted by atomic mass is 15.0. The summed E-state index contributed by atoms with van der Waals surface area (Å²) in [6.45, 7) is 3.03. The Bertz CT molecular complexity index is 1060. The highest BCUT2D eigenvalue weighted by Gasteiger charge is 2.09. The van der Waals surface area contributed by atoms with Gasteiger partial charge < -0.3 is 10.6 Å². The standard InChI is InChI=1S/C23H23N3/c1-16(24-2)15-25-23-14-22(26-21-10-6-5-9-20(21)23)19-12-11-17-7-3-4-8-18(17)13-19/h3-14,16,24H,15H2,1-2H3,(H,25,26). The minimum atomic E-state index is 0.394. The Balaban J connectivity index is 1.81. The molecule has 0 amide bonds. The van der Waals surface area contributed by atoms with Crippen molar-refractivity contribution in [3.8, 4) is 11.3 Å². The summed E-state index contributed by atoms with van der Waals surface area (Å²) in [6.07, 6.45) is 0. The van der Waals surface area contributed by atoms with Crippen molar-refractivity contribution in [2.45, 2.75) is 13.0 Å². The van der Waals surface area contributed by atoms with E-state index in [1.807, 2.05) is 13.1 Å². The molecule has 0 saturated carbocycles. The van der Waals surface area contributed by atoms with Crippen LogP contribution in [0.5, 0.6) is 0 Å². The molecule has 0 saturated heterocycles. The average Bonchev–Trinajstić information content (AvgIpc) is 2.71. The number of rotatable bonds is 5. The lowest BCUT2D eigenvalue weighted by Crippen LogP contribution is -2.29. The topological polar surface area (TPSA) is 37.0 Å². The maximum atomic E-state index is 4.90. The van der Waals surface area contributed by atoms with Crippen molar-refractivity contribution in [1.29, 1.82) is 0 Å². The number of para-hydroxylation sites is 1. The van der Waals surface area contributed by atoms with Gasteiger partial charge in [0.05, 0.1) is 11.2 Å². The Hall–Kier alpha value is -2.91. The molecule has 3 aromatic carbocycles. The predicted molar refractivity (Wildman–Crippen MR) is 112 cm³/mol. The Kier molecular flexibility index (Phi) is 4.55. The number of aromatic nitrogens is 1. The van der Waals surface area contributed by atoms with E-state index in [1.165, 1.54) is 10.8 Å². The van der Waals surface area contributed by atoms with Gasteiger partial charge in [-0.15, -0.1) is 0 Å². The van der Waals surface area contributed by atoms with E-state index in [4.69, 9.17) is 4.98 Å². The summed E-state index contributed by atoms with van der Waals surface area (Å²) in [6, 6.07) is 25.8. The van der Waals surface area contributed by atoms with E-state index in [-0.39, 0.29) is 0 Å². The van der Waals surface area contributed by atoms with Crippen molar-refractivity contribution in [1.82, 2.24) is 10.3 Å². The van der Waals surface area contributed by atoms with E-state index < -0.39 is 0 Å². The highest BCUT2D eigenvalue weighted by Crippen LogP contribution is 2.30. The molecule has 26 heavy (non-hydrogen) atoms. The number of nitrogens with one attached hydrogen (secondary N) is 2. The minimum absolute atomic E-state index is 0.394. The van der Waals surface area contributed by atoms with Gasteiger partial charge in [-0.3, -0.25) is 0 Å². The number of pyridine rings is 1. The molecule has 4 rings (SSSR count). The van der Waals surface area contributed by atoms with Gasteiger partial charge in [0.25, 0.3) is 0 Å². The van der Waals surface area contributed by atoms with Gasteiger partial charge in [0, 0.05) is 29.2 Å². The van der Waals surface area contributed by atoms with Crippen LogP contribution in [0.25, 0.3) is 32.9 Å². The van der Waals surface area contributed by atoms with Crippen LogP contribution >= 0.6 is 0 Å². The Morgan fingerprint density at radius 2 is 1.65 bits per heavy atom. The van der Waals surface area contributed by atoms with Crippen LogP contribution in [0.15, 0.2) is 72.8 Å². The number of benzene rings is 3. The second-order valence-corrected chi connectivity index (χ2v) is 6.70. The molecule has 0 spiro atoms. The molecule has 0 fully saturated rings. The third-order valence-electron chi connectivity index (χ3n) is 4.85. The van der Waals surface area contributed by atoms with E-state index >= 15 is 0 Å². The van der Waals surface area contributed by atoms with Crippen LogP contribution in [0.2, 0.25) is 0 Å². The van der Waals surface area contributed by atoms with Gasteiger partial charge in [0.1, 0.15) is 0 Å². The first-order valence-corrected chi connectivity index (χ1v) is 9.05. The van der Waals surface area contributed by atoms with Gasteiger partial charge in [0.15, 0.2) is 0 Å². The number of hydrogen-bond acceptors (Lipinski definition) is 3. The number of likely N-dealkylation sites (N-methyl/N-ethyl adjacent to an activating group) is 1. The number of hydrogen-bond donors (Lipinski definition) is 2. The van der Waals surface area contributed by atoms with Gasteiger partial charge in [0.2, 0.25) is 0 Å². The molecule has 1 aromatic heterocycles. The van der Waals surface area contributed by atoms with Gasteiger partial charge in [-0.05, 0) is 42.9 Å². The van der Waals surface area contributed by atoms with Crippen molar-refractivity contribution in [3.05, 3.63) is 72.8 Å². The molecular formula is C23H23N3. The third-order valence-corrected chi connectivity index (χ3v) is 4.85. The molecule has 130 valence electrons. The molecule has 0 bridgehead atoms. The molecule has 4 aromatic rings. The van der Waals surface area contributed by atoms with Crippen LogP contribution < -0.4 is 10.6 Å². The first kappa shape index (κ1) is 16.6. The molecule has 2 N–H and O–H groups in total. The molecule has 0 aliphatic rings. The normalized spacial score (nSPS) is 12.4. The second-order valence-electron chi connectivity index (χ2n) is 6.70. The van der Waals surface area contributed by atoms with E-state index in [2.05, 4.69) is 84.3 Å². The lowest BCUT2D eigenvalue weighted by atomic mass is 10.0. The summed E-state index contributed by atoms with van der Waals surface area (Å²) in [5, 5.41) is 10.5. The fourth-order valence-corrected chi connectivity index (χ4v) is 3.18. The van der Waals surface area contributed by atoms with Gasteiger partial charge in [-0.25, -0.2) is 4.98 Å².